The molecule has 0 aliphatic carbocycles. The smallest absolute Gasteiger partial charge is 0.435 e. The summed E-state index contributed by atoms with van der Waals surface area (Å²) in [5.41, 5.74) is 0. The second-order valence-corrected chi connectivity index (χ2v) is 2.42. The Kier molecular flexibility index (Phi) is 3.60. The van der Waals surface area contributed by atoms with Crippen molar-refractivity contribution >= 4 is 5.97 Å². The van der Waals surface area contributed by atoms with E-state index in [1.165, 1.54) is 0 Å². The molecule has 10 heteroatoms. The molecule has 0 aromatic rings. The van der Waals surface area contributed by atoms with Gasteiger partial charge in [-0.2, -0.15) is 26.3 Å². The normalized spacial score (nSPS) is 13.7. The van der Waals surface area contributed by atoms with Crippen LogP contribution in [0.4, 0.5) is 30.7 Å². The first-order chi connectivity index (χ1) is 6.84. The van der Waals surface area contributed by atoms with Crippen LogP contribution in [0.1, 0.15) is 0 Å². The van der Waals surface area contributed by atoms with Crippen LogP contribution in [0.2, 0.25) is 0 Å². The molecular formula is C6H3F7O3. The fourth-order valence-electron chi connectivity index (χ4n) is 0.405. The second kappa shape index (κ2) is 3.92. The predicted octanol–water partition coefficient (Wildman–Crippen LogP) is 2.39. The van der Waals surface area contributed by atoms with Crippen LogP contribution in [0.15, 0.2) is 12.4 Å². The maximum absolute atomic E-state index is 12.3. The molecule has 3 nitrogen and oxygen atoms in total. The molecule has 0 unspecified atom stereocenters. The van der Waals surface area contributed by atoms with Gasteiger partial charge in [0.15, 0.2) is 5.83 Å². The molecule has 0 amide bonds. The number of hydrogen-bond donors (Lipinski definition) is 1. The average Bonchev–Trinajstić information content (AvgIpc) is 2.00. The van der Waals surface area contributed by atoms with Crippen LogP contribution in [-0.4, -0.2) is 29.2 Å². The molecule has 0 spiro atoms. The van der Waals surface area contributed by atoms with Crippen molar-refractivity contribution in [3.63, 3.8) is 0 Å². The highest BCUT2D eigenvalue weighted by Crippen LogP contribution is 2.41. The SMILES string of the molecule is C=C(F)C(F)(F)OC(F)(F)C(F)(F)C(=O)O. The van der Waals surface area contributed by atoms with Crippen molar-refractivity contribution in [2.45, 2.75) is 18.1 Å². The molecule has 0 bridgehead atoms. The third-order valence-electron chi connectivity index (χ3n) is 1.21. The molecule has 0 aliphatic heterocycles. The number of ether oxygens (including phenoxy) is 1. The number of hydrogen-bond acceptors (Lipinski definition) is 2. The monoisotopic (exact) mass is 256 g/mol. The molecule has 0 saturated heterocycles. The van der Waals surface area contributed by atoms with E-state index in [-0.39, 0.29) is 0 Å². The minimum absolute atomic E-state index is 1.87. The number of halogens is 7. The van der Waals surface area contributed by atoms with E-state index in [4.69, 9.17) is 5.11 Å². The lowest BCUT2D eigenvalue weighted by Crippen LogP contribution is -2.52. The Morgan fingerprint density at radius 2 is 1.50 bits per heavy atom. The van der Waals surface area contributed by atoms with E-state index >= 15 is 0 Å². The van der Waals surface area contributed by atoms with Gasteiger partial charge in [0.2, 0.25) is 0 Å². The van der Waals surface area contributed by atoms with Crippen LogP contribution < -0.4 is 0 Å². The lowest BCUT2D eigenvalue weighted by molar-refractivity contribution is -0.415. The first kappa shape index (κ1) is 14.7. The van der Waals surface area contributed by atoms with Crippen molar-refractivity contribution in [2.75, 3.05) is 0 Å². The summed E-state index contributed by atoms with van der Waals surface area (Å²) in [5.74, 6) is -12.1. The fraction of sp³-hybridized carbons (Fsp3) is 0.500. The minimum atomic E-state index is -6.10. The summed E-state index contributed by atoms with van der Waals surface area (Å²) >= 11 is 0. The zero-order valence-electron chi connectivity index (χ0n) is 7.12. The number of alkyl halides is 6. The Balaban J connectivity index is 5.10. The topological polar surface area (TPSA) is 46.5 Å². The molecule has 0 rings (SSSR count). The van der Waals surface area contributed by atoms with Crippen molar-refractivity contribution < 1.29 is 45.4 Å². The van der Waals surface area contributed by atoms with E-state index in [2.05, 4.69) is 4.74 Å². The molecule has 16 heavy (non-hydrogen) atoms. The van der Waals surface area contributed by atoms with E-state index in [9.17, 15) is 35.5 Å². The van der Waals surface area contributed by atoms with Crippen LogP contribution in [0, 0.1) is 0 Å². The maximum atomic E-state index is 12.3. The highest BCUT2D eigenvalue weighted by atomic mass is 19.3. The Morgan fingerprint density at radius 3 is 1.75 bits per heavy atom. The van der Waals surface area contributed by atoms with Crippen LogP contribution >= 0.6 is 0 Å². The van der Waals surface area contributed by atoms with Crippen molar-refractivity contribution in [1.29, 1.82) is 0 Å². The Morgan fingerprint density at radius 1 is 1.12 bits per heavy atom. The third-order valence-corrected chi connectivity index (χ3v) is 1.21. The number of rotatable bonds is 5. The molecule has 0 atom stereocenters. The van der Waals surface area contributed by atoms with Crippen molar-refractivity contribution in [2.24, 2.45) is 0 Å². The first-order valence-corrected chi connectivity index (χ1v) is 3.26. The number of carboxylic acids is 1. The Bertz CT molecular complexity index is 311. The fourth-order valence-corrected chi connectivity index (χ4v) is 0.405. The molecule has 0 radical (unpaired) electrons. The zero-order chi connectivity index (χ0) is 13.4. The maximum Gasteiger partial charge on any atom is 0.435 e. The van der Waals surface area contributed by atoms with Gasteiger partial charge in [-0.1, -0.05) is 6.58 Å². The van der Waals surface area contributed by atoms with Gasteiger partial charge < -0.3 is 5.11 Å². The van der Waals surface area contributed by atoms with E-state index in [0.717, 1.165) is 0 Å². The summed E-state index contributed by atoms with van der Waals surface area (Å²) in [5, 5.41) is 7.64. The molecule has 0 aliphatic rings. The Labute approximate surface area is 83.1 Å². The first-order valence-electron chi connectivity index (χ1n) is 3.26. The summed E-state index contributed by atoms with van der Waals surface area (Å²) in [6, 6.07) is 0. The van der Waals surface area contributed by atoms with Gasteiger partial charge in [-0.25, -0.2) is 13.9 Å². The van der Waals surface area contributed by atoms with Gasteiger partial charge in [-0.05, 0) is 0 Å². The predicted molar refractivity (Wildman–Crippen MR) is 33.8 cm³/mol. The molecule has 94 valence electrons. The van der Waals surface area contributed by atoms with Gasteiger partial charge in [-0.3, -0.25) is 0 Å². The van der Waals surface area contributed by atoms with E-state index in [1.807, 2.05) is 6.58 Å². The van der Waals surface area contributed by atoms with Crippen LogP contribution in [-0.2, 0) is 9.53 Å². The van der Waals surface area contributed by atoms with E-state index in [1.54, 1.807) is 0 Å². The molecule has 0 saturated carbocycles. The summed E-state index contributed by atoms with van der Waals surface area (Å²) in [4.78, 5) is 9.65. The largest absolute Gasteiger partial charge is 0.477 e. The molecule has 0 heterocycles. The number of aliphatic carboxylic acids is 1. The third kappa shape index (κ3) is 2.62. The van der Waals surface area contributed by atoms with Crippen molar-refractivity contribution in [3.8, 4) is 0 Å². The highest BCUT2D eigenvalue weighted by molar-refractivity contribution is 5.76. The lowest BCUT2D eigenvalue weighted by atomic mass is 10.3. The van der Waals surface area contributed by atoms with Crippen LogP contribution in [0.25, 0.3) is 0 Å². The van der Waals surface area contributed by atoms with Gasteiger partial charge in [0.1, 0.15) is 0 Å². The molecule has 0 fully saturated rings. The van der Waals surface area contributed by atoms with E-state index in [0.29, 0.717) is 0 Å². The van der Waals surface area contributed by atoms with Crippen molar-refractivity contribution in [3.05, 3.63) is 12.4 Å². The molecule has 1 N–H and O–H groups in total. The summed E-state index contributed by atoms with van der Waals surface area (Å²) in [7, 11) is 0. The van der Waals surface area contributed by atoms with Crippen LogP contribution in [0.5, 0.6) is 0 Å². The van der Waals surface area contributed by atoms with Crippen molar-refractivity contribution in [1.82, 2.24) is 0 Å². The van der Waals surface area contributed by atoms with Gasteiger partial charge in [0.25, 0.3) is 0 Å². The molecular weight excluding hydrogens is 253 g/mol. The van der Waals surface area contributed by atoms with Gasteiger partial charge >= 0.3 is 24.1 Å². The number of carboxylic acid groups (broad SMARTS) is 1. The zero-order valence-corrected chi connectivity index (χ0v) is 7.12. The Hall–Kier alpha value is -1.32. The summed E-state index contributed by atoms with van der Waals surface area (Å²) in [6.07, 6.45) is -11.5. The lowest BCUT2D eigenvalue weighted by Gasteiger charge is -2.25. The van der Waals surface area contributed by atoms with Crippen LogP contribution in [0.3, 0.4) is 0 Å². The molecule has 0 aromatic carbocycles. The number of carbonyl (C=O) groups is 1. The standard InChI is InChI=1S/C6H3F7O3/c1-2(7)5(10,11)16-6(12,13)4(8,9)3(14)15/h1H2,(H,14,15). The average molecular weight is 256 g/mol. The highest BCUT2D eigenvalue weighted by Gasteiger charge is 2.68. The van der Waals surface area contributed by atoms with Gasteiger partial charge in [0, 0.05) is 0 Å². The minimum Gasteiger partial charge on any atom is -0.477 e. The molecule has 0 aromatic heterocycles. The quantitative estimate of drug-likeness (QED) is 0.768. The van der Waals surface area contributed by atoms with Gasteiger partial charge in [0.05, 0.1) is 0 Å². The second-order valence-electron chi connectivity index (χ2n) is 2.42. The van der Waals surface area contributed by atoms with E-state index < -0.39 is 29.9 Å². The van der Waals surface area contributed by atoms with Gasteiger partial charge in [-0.15, -0.1) is 0 Å². The summed E-state index contributed by atoms with van der Waals surface area (Å²) in [6.45, 7) is 1.87. The summed E-state index contributed by atoms with van der Waals surface area (Å²) < 4.78 is 87.1.